The molecule has 0 N–H and O–H groups in total. The first-order chi connectivity index (χ1) is 8.21. The molecule has 2 rings (SSSR count). The molecule has 1 aliphatic rings. The van der Waals surface area contributed by atoms with Crippen LogP contribution < -0.4 is 0 Å². The zero-order chi connectivity index (χ0) is 13.6. The van der Waals surface area contributed by atoms with Crippen LogP contribution in [-0.2, 0) is 10.8 Å². The van der Waals surface area contributed by atoms with Gasteiger partial charge in [0.25, 0.3) is 0 Å². The van der Waals surface area contributed by atoms with E-state index in [2.05, 4.69) is 52.4 Å². The van der Waals surface area contributed by atoms with E-state index >= 15 is 0 Å². The van der Waals surface area contributed by atoms with Gasteiger partial charge in [-0.1, -0.05) is 54.4 Å². The summed E-state index contributed by atoms with van der Waals surface area (Å²) < 4.78 is 2.34. The van der Waals surface area contributed by atoms with Crippen molar-refractivity contribution in [2.75, 3.05) is 0 Å². The van der Waals surface area contributed by atoms with Crippen LogP contribution in [0.5, 0.6) is 0 Å². The Bertz CT molecular complexity index is 409. The van der Waals surface area contributed by atoms with E-state index in [9.17, 15) is 0 Å². The van der Waals surface area contributed by atoms with Crippen LogP contribution in [0.4, 0.5) is 0 Å². The Morgan fingerprint density at radius 3 is 2.00 bits per heavy atom. The van der Waals surface area contributed by atoms with Gasteiger partial charge in [-0.05, 0) is 23.8 Å². The molecular formula is C16H28N2. The minimum atomic E-state index is 0.168. The maximum Gasteiger partial charge on any atom is 0.0530 e. The second-order valence-corrected chi connectivity index (χ2v) is 7.79. The molecule has 2 nitrogen and oxygen atoms in total. The smallest absolute Gasteiger partial charge is 0.0530 e. The molecule has 1 aromatic rings. The summed E-state index contributed by atoms with van der Waals surface area (Å²) in [5.41, 5.74) is 3.21. The Labute approximate surface area is 112 Å². The molecule has 2 heteroatoms. The summed E-state index contributed by atoms with van der Waals surface area (Å²) in [4.78, 5) is 0. The highest BCUT2D eigenvalue weighted by Gasteiger charge is 2.32. The fourth-order valence-corrected chi connectivity index (χ4v) is 3.08. The van der Waals surface area contributed by atoms with Crippen LogP contribution in [0.1, 0.15) is 84.5 Å². The maximum atomic E-state index is 4.75. The van der Waals surface area contributed by atoms with Crippen molar-refractivity contribution in [2.45, 2.75) is 84.1 Å². The molecule has 0 atom stereocenters. The minimum absolute atomic E-state index is 0.168. The van der Waals surface area contributed by atoms with Gasteiger partial charge in [0.2, 0.25) is 0 Å². The summed E-state index contributed by atoms with van der Waals surface area (Å²) in [5.74, 6) is 0. The molecule has 1 saturated carbocycles. The van der Waals surface area contributed by atoms with Crippen LogP contribution in [0.3, 0.4) is 0 Å². The van der Waals surface area contributed by atoms with Crippen LogP contribution in [0.2, 0.25) is 0 Å². The number of hydrogen-bond donors (Lipinski definition) is 0. The topological polar surface area (TPSA) is 17.8 Å². The molecule has 0 aromatic carbocycles. The molecule has 0 radical (unpaired) electrons. The highest BCUT2D eigenvalue weighted by molar-refractivity contribution is 5.31. The number of nitrogens with zero attached hydrogens (tertiary/aromatic N) is 2. The van der Waals surface area contributed by atoms with Crippen molar-refractivity contribution in [3.05, 3.63) is 17.5 Å². The van der Waals surface area contributed by atoms with E-state index in [0.29, 0.717) is 6.04 Å². The lowest BCUT2D eigenvalue weighted by atomic mass is 9.79. The standard InChI is InChI=1S/C16H28N2/c1-15(2,3)13-11-17-18(12-9-7-8-10-12)14(13)16(4,5)6/h11-12H,7-10H2,1-6H3. The summed E-state index contributed by atoms with van der Waals surface area (Å²) >= 11 is 0. The van der Waals surface area contributed by atoms with Crippen molar-refractivity contribution in [2.24, 2.45) is 0 Å². The SMILES string of the molecule is CC(C)(C)c1cnn(C2CCCC2)c1C(C)(C)C. The van der Waals surface area contributed by atoms with Crippen LogP contribution >= 0.6 is 0 Å². The third-order valence-corrected chi connectivity index (χ3v) is 3.98. The maximum absolute atomic E-state index is 4.75. The van der Waals surface area contributed by atoms with E-state index in [4.69, 9.17) is 5.10 Å². The molecular weight excluding hydrogens is 220 g/mol. The van der Waals surface area contributed by atoms with Gasteiger partial charge in [0.15, 0.2) is 0 Å². The van der Waals surface area contributed by atoms with E-state index in [1.807, 2.05) is 0 Å². The highest BCUT2D eigenvalue weighted by Crippen LogP contribution is 2.38. The van der Waals surface area contributed by atoms with Gasteiger partial charge in [0.05, 0.1) is 12.2 Å². The molecule has 1 heterocycles. The van der Waals surface area contributed by atoms with Crippen molar-refractivity contribution in [1.82, 2.24) is 9.78 Å². The Kier molecular flexibility index (Phi) is 3.33. The van der Waals surface area contributed by atoms with E-state index in [0.717, 1.165) is 0 Å². The molecule has 0 spiro atoms. The fraction of sp³-hybridized carbons (Fsp3) is 0.812. The van der Waals surface area contributed by atoms with Gasteiger partial charge in [-0.15, -0.1) is 0 Å². The number of hydrogen-bond acceptors (Lipinski definition) is 1. The molecule has 102 valence electrons. The lowest BCUT2D eigenvalue weighted by Gasteiger charge is -2.29. The number of aromatic nitrogens is 2. The molecule has 0 bridgehead atoms. The quantitative estimate of drug-likeness (QED) is 0.710. The molecule has 1 aromatic heterocycles. The average Bonchev–Trinajstić information content (AvgIpc) is 2.83. The monoisotopic (exact) mass is 248 g/mol. The summed E-state index contributed by atoms with van der Waals surface area (Å²) in [6.45, 7) is 13.8. The van der Waals surface area contributed by atoms with E-state index in [-0.39, 0.29) is 10.8 Å². The van der Waals surface area contributed by atoms with Crippen LogP contribution in [0, 0.1) is 0 Å². The summed E-state index contributed by atoms with van der Waals surface area (Å²) in [7, 11) is 0. The second kappa shape index (κ2) is 4.40. The largest absolute Gasteiger partial charge is 0.266 e. The van der Waals surface area contributed by atoms with Gasteiger partial charge in [-0.25, -0.2) is 0 Å². The first-order valence-corrected chi connectivity index (χ1v) is 7.30. The van der Waals surface area contributed by atoms with E-state index in [1.54, 1.807) is 0 Å². The Hall–Kier alpha value is -0.790. The third kappa shape index (κ3) is 2.48. The lowest BCUT2D eigenvalue weighted by molar-refractivity contribution is 0.401. The second-order valence-electron chi connectivity index (χ2n) is 7.79. The number of rotatable bonds is 1. The Morgan fingerprint density at radius 1 is 1.00 bits per heavy atom. The fourth-order valence-electron chi connectivity index (χ4n) is 3.08. The molecule has 0 amide bonds. The predicted molar refractivity (Wildman–Crippen MR) is 77.1 cm³/mol. The van der Waals surface area contributed by atoms with Crippen molar-refractivity contribution in [3.8, 4) is 0 Å². The van der Waals surface area contributed by atoms with Crippen molar-refractivity contribution in [1.29, 1.82) is 0 Å². The van der Waals surface area contributed by atoms with Crippen molar-refractivity contribution < 1.29 is 0 Å². The molecule has 18 heavy (non-hydrogen) atoms. The molecule has 0 aliphatic heterocycles. The van der Waals surface area contributed by atoms with Crippen molar-refractivity contribution >= 4 is 0 Å². The first kappa shape index (κ1) is 13.6. The van der Waals surface area contributed by atoms with Gasteiger partial charge < -0.3 is 0 Å². The van der Waals surface area contributed by atoms with Crippen LogP contribution in [-0.4, -0.2) is 9.78 Å². The van der Waals surface area contributed by atoms with Gasteiger partial charge in [-0.2, -0.15) is 5.10 Å². The van der Waals surface area contributed by atoms with Gasteiger partial charge >= 0.3 is 0 Å². The molecule has 0 saturated heterocycles. The third-order valence-electron chi connectivity index (χ3n) is 3.98. The zero-order valence-corrected chi connectivity index (χ0v) is 12.9. The van der Waals surface area contributed by atoms with Gasteiger partial charge in [0.1, 0.15) is 0 Å². The average molecular weight is 248 g/mol. The molecule has 1 fully saturated rings. The van der Waals surface area contributed by atoms with Crippen LogP contribution in [0.15, 0.2) is 6.20 Å². The summed E-state index contributed by atoms with van der Waals surface area (Å²) in [5, 5.41) is 4.75. The molecule has 1 aliphatic carbocycles. The molecule has 0 unspecified atom stereocenters. The summed E-state index contributed by atoms with van der Waals surface area (Å²) in [6.07, 6.45) is 7.43. The first-order valence-electron chi connectivity index (χ1n) is 7.30. The van der Waals surface area contributed by atoms with Gasteiger partial charge in [0, 0.05) is 11.1 Å². The van der Waals surface area contributed by atoms with Crippen molar-refractivity contribution in [3.63, 3.8) is 0 Å². The predicted octanol–water partition coefficient (Wildman–Crippen LogP) is 4.59. The Balaban J connectivity index is 2.51. The normalized spacial score (nSPS) is 18.6. The minimum Gasteiger partial charge on any atom is -0.266 e. The van der Waals surface area contributed by atoms with Gasteiger partial charge in [-0.3, -0.25) is 4.68 Å². The van der Waals surface area contributed by atoms with E-state index < -0.39 is 0 Å². The Morgan fingerprint density at radius 2 is 1.56 bits per heavy atom. The zero-order valence-electron chi connectivity index (χ0n) is 12.9. The van der Waals surface area contributed by atoms with E-state index in [1.165, 1.54) is 36.9 Å². The highest BCUT2D eigenvalue weighted by atomic mass is 15.3. The lowest BCUT2D eigenvalue weighted by Crippen LogP contribution is -2.26. The van der Waals surface area contributed by atoms with Crippen LogP contribution in [0.25, 0.3) is 0 Å². The summed E-state index contributed by atoms with van der Waals surface area (Å²) in [6, 6.07) is 0.635.